The monoisotopic (exact) mass is 396 g/mol. The van der Waals surface area contributed by atoms with Gasteiger partial charge >= 0.3 is 12.1 Å². The molecule has 28 heavy (non-hydrogen) atoms. The summed E-state index contributed by atoms with van der Waals surface area (Å²) >= 11 is 0. The number of nitrogens with zero attached hydrogens (tertiary/aromatic N) is 4. The van der Waals surface area contributed by atoms with Crippen molar-refractivity contribution < 1.29 is 26.9 Å². The van der Waals surface area contributed by atoms with E-state index in [2.05, 4.69) is 35.3 Å². The topological polar surface area (TPSA) is 119 Å². The van der Waals surface area contributed by atoms with Crippen LogP contribution in [0.4, 0.5) is 19.0 Å². The Labute approximate surface area is 155 Å². The average molecular weight is 396 g/mol. The van der Waals surface area contributed by atoms with E-state index in [0.29, 0.717) is 17.0 Å². The maximum atomic E-state index is 12.7. The van der Waals surface area contributed by atoms with Crippen molar-refractivity contribution in [2.24, 2.45) is 0 Å². The van der Waals surface area contributed by atoms with Gasteiger partial charge in [-0.2, -0.15) is 18.2 Å². The lowest BCUT2D eigenvalue weighted by molar-refractivity contribution is -0.159. The van der Waals surface area contributed by atoms with Gasteiger partial charge in [-0.1, -0.05) is 5.16 Å². The van der Waals surface area contributed by atoms with Crippen molar-refractivity contribution in [3.63, 3.8) is 0 Å². The largest absolute Gasteiger partial charge is 0.471 e. The van der Waals surface area contributed by atoms with Crippen LogP contribution in [0.25, 0.3) is 11.1 Å². The molecule has 148 valence electrons. The van der Waals surface area contributed by atoms with Gasteiger partial charge in [-0.15, -0.1) is 0 Å². The molecule has 0 spiro atoms. The minimum Gasteiger partial charge on any atom is -0.442 e. The summed E-state index contributed by atoms with van der Waals surface area (Å²) in [5.74, 6) is -1.58. The first-order valence-corrected chi connectivity index (χ1v) is 8.36. The molecule has 0 atom stereocenters. The second-order valence-corrected chi connectivity index (χ2v) is 6.82. The number of carbonyl (C=O) groups is 1. The van der Waals surface area contributed by atoms with Crippen molar-refractivity contribution in [2.45, 2.75) is 44.9 Å². The minimum absolute atomic E-state index is 0.0984. The number of carbonyl (C=O) groups excluding carboxylic acids is 1. The maximum Gasteiger partial charge on any atom is 0.471 e. The first-order chi connectivity index (χ1) is 13.2. The Morgan fingerprint density at radius 2 is 2.07 bits per heavy atom. The number of rotatable bonds is 5. The van der Waals surface area contributed by atoms with Gasteiger partial charge in [-0.3, -0.25) is 4.79 Å². The van der Waals surface area contributed by atoms with E-state index in [-0.39, 0.29) is 29.2 Å². The molecular formula is C16H15F3N6O3. The Balaban J connectivity index is 1.58. The number of halogens is 3. The van der Waals surface area contributed by atoms with Crippen LogP contribution in [-0.4, -0.2) is 31.6 Å². The fraction of sp³-hybridized carbons (Fsp3) is 0.438. The summed E-state index contributed by atoms with van der Waals surface area (Å²) in [4.78, 5) is 24.2. The summed E-state index contributed by atoms with van der Waals surface area (Å²) in [6.45, 7) is 3.27. The SMILES string of the molecule is Cc1oc2ncnc(NC3(C)CC3)c2c1C(=O)NCc1noc(C(F)(F)F)n1. The summed E-state index contributed by atoms with van der Waals surface area (Å²) in [7, 11) is 0. The molecule has 1 aliphatic carbocycles. The molecule has 1 amide bonds. The highest BCUT2D eigenvalue weighted by Gasteiger charge is 2.39. The summed E-state index contributed by atoms with van der Waals surface area (Å²) in [6, 6.07) is 0. The predicted octanol–water partition coefficient (Wildman–Crippen LogP) is 2.83. The lowest BCUT2D eigenvalue weighted by Gasteiger charge is -2.13. The standard InChI is InChI=1S/C16H15F3N6O3/c1-7-9(12(26)20-5-8-23-14(28-25-8)16(17,18)19)10-11(24-15(2)3-4-15)21-6-22-13(10)27-7/h6H,3-5H2,1-2H3,(H,20,26)(H,21,22,24). The molecular weight excluding hydrogens is 381 g/mol. The van der Waals surface area contributed by atoms with E-state index in [9.17, 15) is 18.0 Å². The minimum atomic E-state index is -4.75. The zero-order chi connectivity index (χ0) is 20.1. The van der Waals surface area contributed by atoms with E-state index in [0.717, 1.165) is 12.8 Å². The van der Waals surface area contributed by atoms with Crippen LogP contribution in [0.2, 0.25) is 0 Å². The van der Waals surface area contributed by atoms with Gasteiger partial charge in [-0.25, -0.2) is 9.97 Å². The number of aromatic nitrogens is 4. The van der Waals surface area contributed by atoms with E-state index in [4.69, 9.17) is 4.42 Å². The van der Waals surface area contributed by atoms with Gasteiger partial charge in [0.15, 0.2) is 5.82 Å². The third kappa shape index (κ3) is 3.37. The molecule has 0 aliphatic heterocycles. The third-order valence-electron chi connectivity index (χ3n) is 4.43. The Kier molecular flexibility index (Phi) is 4.01. The van der Waals surface area contributed by atoms with Crippen LogP contribution in [0.3, 0.4) is 0 Å². The van der Waals surface area contributed by atoms with Crippen molar-refractivity contribution >= 4 is 22.8 Å². The second kappa shape index (κ2) is 6.17. The van der Waals surface area contributed by atoms with Crippen LogP contribution < -0.4 is 10.6 Å². The Hall–Kier alpha value is -3.18. The van der Waals surface area contributed by atoms with E-state index in [1.807, 2.05) is 6.92 Å². The fourth-order valence-corrected chi connectivity index (χ4v) is 2.70. The molecule has 0 saturated heterocycles. The molecule has 4 rings (SSSR count). The molecule has 3 heterocycles. The zero-order valence-electron chi connectivity index (χ0n) is 14.8. The number of fused-ring (bicyclic) bond motifs is 1. The molecule has 12 heteroatoms. The Bertz CT molecular complexity index is 1050. The first-order valence-electron chi connectivity index (χ1n) is 8.36. The number of amides is 1. The van der Waals surface area contributed by atoms with Gasteiger partial charge in [-0.05, 0) is 26.7 Å². The second-order valence-electron chi connectivity index (χ2n) is 6.82. The van der Waals surface area contributed by atoms with Crippen LogP contribution in [0.1, 0.15) is 47.6 Å². The molecule has 9 nitrogen and oxygen atoms in total. The Morgan fingerprint density at radius 3 is 2.71 bits per heavy atom. The molecule has 0 aromatic carbocycles. The molecule has 1 aliphatic rings. The van der Waals surface area contributed by atoms with Crippen molar-refractivity contribution in [3.05, 3.63) is 29.4 Å². The molecule has 1 saturated carbocycles. The molecule has 3 aromatic rings. The van der Waals surface area contributed by atoms with Crippen molar-refractivity contribution in [1.82, 2.24) is 25.4 Å². The van der Waals surface area contributed by atoms with Gasteiger partial charge in [0.05, 0.1) is 17.5 Å². The normalized spacial score (nSPS) is 15.6. The lowest BCUT2D eigenvalue weighted by atomic mass is 10.1. The number of furan rings is 1. The molecule has 1 fully saturated rings. The predicted molar refractivity (Wildman–Crippen MR) is 88.3 cm³/mol. The van der Waals surface area contributed by atoms with E-state index >= 15 is 0 Å². The summed E-state index contributed by atoms with van der Waals surface area (Å²) in [5.41, 5.74) is 0.337. The number of nitrogens with one attached hydrogen (secondary N) is 2. The van der Waals surface area contributed by atoms with Gasteiger partial charge in [0.2, 0.25) is 5.71 Å². The highest BCUT2D eigenvalue weighted by molar-refractivity contribution is 6.10. The summed E-state index contributed by atoms with van der Waals surface area (Å²) in [6.07, 6.45) is -1.48. The van der Waals surface area contributed by atoms with Crippen molar-refractivity contribution in [3.8, 4) is 0 Å². The lowest BCUT2D eigenvalue weighted by Crippen LogP contribution is -2.24. The molecule has 0 bridgehead atoms. The van der Waals surface area contributed by atoms with Crippen LogP contribution in [-0.2, 0) is 12.7 Å². The number of hydrogen-bond donors (Lipinski definition) is 2. The number of anilines is 1. The molecule has 0 radical (unpaired) electrons. The fourth-order valence-electron chi connectivity index (χ4n) is 2.70. The highest BCUT2D eigenvalue weighted by atomic mass is 19.4. The van der Waals surface area contributed by atoms with Crippen LogP contribution >= 0.6 is 0 Å². The van der Waals surface area contributed by atoms with Crippen LogP contribution in [0.5, 0.6) is 0 Å². The third-order valence-corrected chi connectivity index (χ3v) is 4.43. The van der Waals surface area contributed by atoms with E-state index < -0.39 is 18.0 Å². The Morgan fingerprint density at radius 1 is 1.32 bits per heavy atom. The zero-order valence-corrected chi connectivity index (χ0v) is 14.8. The summed E-state index contributed by atoms with van der Waals surface area (Å²) in [5, 5.41) is 9.38. The van der Waals surface area contributed by atoms with Gasteiger partial charge < -0.3 is 19.6 Å². The molecule has 3 aromatic heterocycles. The number of alkyl halides is 3. The number of aryl methyl sites for hydroxylation is 1. The van der Waals surface area contributed by atoms with Crippen molar-refractivity contribution in [2.75, 3.05) is 5.32 Å². The average Bonchev–Trinajstić information content (AvgIpc) is 3.04. The molecule has 2 N–H and O–H groups in total. The highest BCUT2D eigenvalue weighted by Crippen LogP contribution is 2.40. The molecule has 0 unspecified atom stereocenters. The van der Waals surface area contributed by atoms with Gasteiger partial charge in [0, 0.05) is 5.54 Å². The first kappa shape index (κ1) is 18.2. The van der Waals surface area contributed by atoms with Crippen LogP contribution in [0.15, 0.2) is 15.3 Å². The smallest absolute Gasteiger partial charge is 0.442 e. The number of hydrogen-bond acceptors (Lipinski definition) is 8. The summed E-state index contributed by atoms with van der Waals surface area (Å²) < 4.78 is 47.2. The maximum absolute atomic E-state index is 12.7. The van der Waals surface area contributed by atoms with Crippen molar-refractivity contribution in [1.29, 1.82) is 0 Å². The van der Waals surface area contributed by atoms with Gasteiger partial charge in [0.25, 0.3) is 5.91 Å². The van der Waals surface area contributed by atoms with E-state index in [1.165, 1.54) is 6.33 Å². The van der Waals surface area contributed by atoms with Gasteiger partial charge in [0.1, 0.15) is 17.9 Å². The quantitative estimate of drug-likeness (QED) is 0.676. The van der Waals surface area contributed by atoms with E-state index in [1.54, 1.807) is 6.92 Å². The van der Waals surface area contributed by atoms with Crippen LogP contribution in [0, 0.1) is 6.92 Å².